The second kappa shape index (κ2) is 4.13. The largest absolute Gasteiger partial charge is 0.435 e. The molecule has 0 atom stereocenters. The number of carbonyl (C=O) groups is 1. The van der Waals surface area contributed by atoms with Crippen molar-refractivity contribution in [3.05, 3.63) is 18.4 Å². The number of esters is 1. The lowest BCUT2D eigenvalue weighted by atomic mass is 10.4. The average molecular weight is 156 g/mol. The van der Waals surface area contributed by atoms with Crippen LogP contribution in [0.3, 0.4) is 0 Å². The van der Waals surface area contributed by atoms with Gasteiger partial charge in [0, 0.05) is 5.57 Å². The van der Waals surface area contributed by atoms with Crippen LogP contribution in [0.5, 0.6) is 0 Å². The molecule has 0 N–H and O–H groups in total. The highest BCUT2D eigenvalue weighted by Gasteiger charge is 2.12. The Balaban J connectivity index is 3.85. The van der Waals surface area contributed by atoms with Crippen LogP contribution >= 0.6 is 0 Å². The first kappa shape index (κ1) is 10.2. The Kier molecular flexibility index (Phi) is 3.82. The van der Waals surface area contributed by atoms with Crippen molar-refractivity contribution in [1.82, 2.24) is 4.90 Å². The van der Waals surface area contributed by atoms with Crippen LogP contribution in [0.25, 0.3) is 0 Å². The van der Waals surface area contributed by atoms with Crippen molar-refractivity contribution >= 4 is 5.97 Å². The molecule has 0 fully saturated rings. The molecular formula is C8H14NO2. The molecule has 0 aliphatic heterocycles. The van der Waals surface area contributed by atoms with Gasteiger partial charge < -0.3 is 4.74 Å². The van der Waals surface area contributed by atoms with Gasteiger partial charge in [0.25, 0.3) is 0 Å². The number of hydrogen-bond donors (Lipinski definition) is 0. The van der Waals surface area contributed by atoms with E-state index in [2.05, 4.69) is 6.58 Å². The maximum atomic E-state index is 10.9. The zero-order valence-corrected chi connectivity index (χ0v) is 7.47. The molecule has 0 aliphatic carbocycles. The second-order valence-corrected chi connectivity index (χ2v) is 2.58. The lowest BCUT2D eigenvalue weighted by Gasteiger charge is -2.17. The van der Waals surface area contributed by atoms with E-state index < -0.39 is 0 Å². The highest BCUT2D eigenvalue weighted by Crippen LogP contribution is 2.06. The topological polar surface area (TPSA) is 29.5 Å². The SMILES string of the molecule is C=C(C)C(=O)O[C](C)N(C)C. The average Bonchev–Trinajstić information content (AvgIpc) is 1.87. The molecule has 0 saturated heterocycles. The molecular weight excluding hydrogens is 142 g/mol. The number of carbonyl (C=O) groups excluding carboxylic acids is 1. The van der Waals surface area contributed by atoms with Crippen molar-refractivity contribution in [3.8, 4) is 0 Å². The van der Waals surface area contributed by atoms with E-state index in [1.807, 2.05) is 0 Å². The fraction of sp³-hybridized carbons (Fsp3) is 0.500. The van der Waals surface area contributed by atoms with Crippen LogP contribution in [-0.4, -0.2) is 25.0 Å². The molecule has 0 amide bonds. The molecule has 3 nitrogen and oxygen atoms in total. The van der Waals surface area contributed by atoms with Crippen molar-refractivity contribution in [2.24, 2.45) is 0 Å². The van der Waals surface area contributed by atoms with Crippen molar-refractivity contribution in [3.63, 3.8) is 0 Å². The van der Waals surface area contributed by atoms with Crippen molar-refractivity contribution in [2.75, 3.05) is 14.1 Å². The summed E-state index contributed by atoms with van der Waals surface area (Å²) in [4.78, 5) is 12.6. The molecule has 0 saturated carbocycles. The molecule has 3 heteroatoms. The summed E-state index contributed by atoms with van der Waals surface area (Å²) in [6, 6.07) is 0. The van der Waals surface area contributed by atoms with Gasteiger partial charge in [0.2, 0.25) is 6.23 Å². The summed E-state index contributed by atoms with van der Waals surface area (Å²) in [5, 5.41) is 0. The lowest BCUT2D eigenvalue weighted by molar-refractivity contribution is -0.141. The van der Waals surface area contributed by atoms with E-state index in [0.717, 1.165) is 0 Å². The summed E-state index contributed by atoms with van der Waals surface area (Å²) >= 11 is 0. The Morgan fingerprint density at radius 3 is 2.09 bits per heavy atom. The Morgan fingerprint density at radius 2 is 1.82 bits per heavy atom. The number of hydrogen-bond acceptors (Lipinski definition) is 3. The van der Waals surface area contributed by atoms with E-state index in [0.29, 0.717) is 11.8 Å². The van der Waals surface area contributed by atoms with Gasteiger partial charge in [0.15, 0.2) is 0 Å². The smallest absolute Gasteiger partial charge is 0.335 e. The molecule has 0 aromatic carbocycles. The van der Waals surface area contributed by atoms with Gasteiger partial charge in [-0.05, 0) is 27.9 Å². The third kappa shape index (κ3) is 3.78. The van der Waals surface area contributed by atoms with Gasteiger partial charge in [-0.1, -0.05) is 6.58 Å². The van der Waals surface area contributed by atoms with Gasteiger partial charge in [-0.25, -0.2) is 4.79 Å². The summed E-state index contributed by atoms with van der Waals surface area (Å²) in [5.74, 6) is -0.379. The van der Waals surface area contributed by atoms with Crippen molar-refractivity contribution < 1.29 is 9.53 Å². The monoisotopic (exact) mass is 156 g/mol. The summed E-state index contributed by atoms with van der Waals surface area (Å²) in [6.07, 6.45) is 0.568. The zero-order valence-electron chi connectivity index (χ0n) is 7.47. The maximum Gasteiger partial charge on any atom is 0.335 e. The molecule has 0 aromatic rings. The third-order valence-electron chi connectivity index (χ3n) is 1.22. The summed E-state index contributed by atoms with van der Waals surface area (Å²) in [5.41, 5.74) is 0.409. The van der Waals surface area contributed by atoms with Gasteiger partial charge in [-0.2, -0.15) is 0 Å². The fourth-order valence-corrected chi connectivity index (χ4v) is 0.313. The van der Waals surface area contributed by atoms with E-state index in [4.69, 9.17) is 4.74 Å². The van der Waals surface area contributed by atoms with E-state index in [1.165, 1.54) is 0 Å². The van der Waals surface area contributed by atoms with Gasteiger partial charge in [0.05, 0.1) is 0 Å². The summed E-state index contributed by atoms with van der Waals surface area (Å²) in [6.45, 7) is 6.80. The van der Waals surface area contributed by atoms with Crippen molar-refractivity contribution in [1.29, 1.82) is 0 Å². The molecule has 0 spiro atoms. The normalized spacial score (nSPS) is 10.4. The Hall–Kier alpha value is -0.830. The Morgan fingerprint density at radius 1 is 1.36 bits per heavy atom. The van der Waals surface area contributed by atoms with Crippen LogP contribution in [0.2, 0.25) is 0 Å². The molecule has 0 aromatic heterocycles. The first-order valence-corrected chi connectivity index (χ1v) is 3.33. The molecule has 1 radical (unpaired) electrons. The fourth-order valence-electron chi connectivity index (χ4n) is 0.313. The van der Waals surface area contributed by atoms with Crippen molar-refractivity contribution in [2.45, 2.75) is 13.8 Å². The van der Waals surface area contributed by atoms with Gasteiger partial charge in [0.1, 0.15) is 0 Å². The quantitative estimate of drug-likeness (QED) is 0.454. The molecule has 11 heavy (non-hydrogen) atoms. The lowest BCUT2D eigenvalue weighted by Crippen LogP contribution is -2.22. The highest BCUT2D eigenvalue weighted by atomic mass is 16.6. The first-order chi connectivity index (χ1) is 4.95. The van der Waals surface area contributed by atoms with E-state index in [9.17, 15) is 4.79 Å². The maximum absolute atomic E-state index is 10.9. The number of nitrogens with zero attached hydrogens (tertiary/aromatic N) is 1. The van der Waals surface area contributed by atoms with Crippen LogP contribution in [0.1, 0.15) is 13.8 Å². The summed E-state index contributed by atoms with van der Waals surface area (Å²) in [7, 11) is 3.61. The number of ether oxygens (including phenoxy) is 1. The molecule has 0 aliphatic rings. The van der Waals surface area contributed by atoms with Gasteiger partial charge >= 0.3 is 5.97 Å². The van der Waals surface area contributed by atoms with E-state index >= 15 is 0 Å². The molecule has 0 heterocycles. The molecule has 0 rings (SSSR count). The summed E-state index contributed by atoms with van der Waals surface area (Å²) < 4.78 is 4.88. The second-order valence-electron chi connectivity index (χ2n) is 2.58. The van der Waals surface area contributed by atoms with Crippen LogP contribution in [0, 0.1) is 6.23 Å². The molecule has 0 unspecified atom stereocenters. The number of rotatable bonds is 3. The van der Waals surface area contributed by atoms with E-state index in [-0.39, 0.29) is 5.97 Å². The minimum Gasteiger partial charge on any atom is -0.435 e. The Bertz CT molecular complexity index is 163. The predicted molar refractivity (Wildman–Crippen MR) is 43.5 cm³/mol. The first-order valence-electron chi connectivity index (χ1n) is 3.33. The molecule has 63 valence electrons. The zero-order chi connectivity index (χ0) is 9.02. The van der Waals surface area contributed by atoms with Gasteiger partial charge in [-0.3, -0.25) is 4.90 Å². The highest BCUT2D eigenvalue weighted by molar-refractivity contribution is 5.87. The Labute approximate surface area is 67.6 Å². The van der Waals surface area contributed by atoms with Crippen LogP contribution < -0.4 is 0 Å². The van der Waals surface area contributed by atoms with Gasteiger partial charge in [-0.15, -0.1) is 0 Å². The minimum atomic E-state index is -0.379. The predicted octanol–water partition coefficient (Wildman–Crippen LogP) is 1.18. The minimum absolute atomic E-state index is 0.379. The third-order valence-corrected chi connectivity index (χ3v) is 1.22. The molecule has 0 bridgehead atoms. The van der Waals surface area contributed by atoms with Crippen LogP contribution in [0.15, 0.2) is 12.2 Å². The standard InChI is InChI=1S/C8H14NO2/c1-6(2)8(10)11-7(3)9(4)5/h1H2,2-5H3. The van der Waals surface area contributed by atoms with Crippen LogP contribution in [0.4, 0.5) is 0 Å². The van der Waals surface area contributed by atoms with Crippen LogP contribution in [-0.2, 0) is 9.53 Å². The van der Waals surface area contributed by atoms with E-state index in [1.54, 1.807) is 32.8 Å².